The topological polar surface area (TPSA) is 91.8 Å². The lowest BCUT2D eigenvalue weighted by atomic mass is 9.99. The Kier molecular flexibility index (Phi) is 4.20. The maximum absolute atomic E-state index is 14.0. The number of halogens is 1. The summed E-state index contributed by atoms with van der Waals surface area (Å²) in [6, 6.07) is 0.741. The van der Waals surface area contributed by atoms with Crippen LogP contribution >= 0.6 is 0 Å². The lowest BCUT2D eigenvalue weighted by Crippen LogP contribution is -2.34. The number of hydrogen-bond acceptors (Lipinski definition) is 5. The van der Waals surface area contributed by atoms with Crippen LogP contribution in [-0.4, -0.2) is 47.2 Å². The van der Waals surface area contributed by atoms with Gasteiger partial charge in [0.25, 0.3) is 5.56 Å². The molecule has 1 aliphatic heterocycles. The fourth-order valence-corrected chi connectivity index (χ4v) is 2.31. The number of rotatable bonds is 3. The predicted molar refractivity (Wildman–Crippen MR) is 66.5 cm³/mol. The summed E-state index contributed by atoms with van der Waals surface area (Å²) in [6.07, 6.45) is 1.28. The second kappa shape index (κ2) is 5.73. The van der Waals surface area contributed by atoms with E-state index in [9.17, 15) is 14.3 Å². The first-order chi connectivity index (χ1) is 9.53. The van der Waals surface area contributed by atoms with E-state index in [-0.39, 0.29) is 11.3 Å². The Labute approximate surface area is 114 Å². The summed E-state index contributed by atoms with van der Waals surface area (Å²) in [4.78, 5) is 13.5. The highest BCUT2D eigenvalue weighted by molar-refractivity contribution is 5.37. The third-order valence-corrected chi connectivity index (χ3v) is 3.25. The first-order valence-electron chi connectivity index (χ1n) is 5.90. The van der Waals surface area contributed by atoms with Crippen LogP contribution in [0.5, 0.6) is 0 Å². The number of nitrogens with one attached hydrogen (secondary N) is 1. The molecule has 108 valence electrons. The van der Waals surface area contributed by atoms with Crippen molar-refractivity contribution in [2.75, 3.05) is 13.7 Å². The Morgan fingerprint density at radius 2 is 2.35 bits per heavy atom. The van der Waals surface area contributed by atoms with Gasteiger partial charge in [-0.3, -0.25) is 4.79 Å². The van der Waals surface area contributed by atoms with Crippen molar-refractivity contribution >= 4 is 0 Å². The van der Waals surface area contributed by atoms with Crippen LogP contribution in [0, 0.1) is 18.2 Å². The van der Waals surface area contributed by atoms with Gasteiger partial charge in [-0.15, -0.1) is 6.42 Å². The molecule has 1 aromatic rings. The van der Waals surface area contributed by atoms with Gasteiger partial charge < -0.3 is 24.7 Å². The van der Waals surface area contributed by atoms with Crippen LogP contribution in [0.1, 0.15) is 17.4 Å². The third kappa shape index (κ3) is 2.34. The number of aliphatic hydroxyl groups is 2. The third-order valence-electron chi connectivity index (χ3n) is 3.25. The predicted octanol–water partition coefficient (Wildman–Crippen LogP) is -0.697. The largest absolute Gasteiger partial charge is 0.394 e. The second-order valence-electron chi connectivity index (χ2n) is 4.38. The molecule has 2 rings (SSSR count). The summed E-state index contributed by atoms with van der Waals surface area (Å²) in [5.41, 5.74) is -0.827. The second-order valence-corrected chi connectivity index (χ2v) is 4.38. The van der Waals surface area contributed by atoms with E-state index in [1.165, 1.54) is 7.11 Å². The molecule has 0 bridgehead atoms. The Balaban J connectivity index is 2.51. The van der Waals surface area contributed by atoms with Crippen LogP contribution < -0.4 is 5.56 Å². The molecule has 1 saturated heterocycles. The van der Waals surface area contributed by atoms with Gasteiger partial charge in [-0.25, -0.2) is 4.39 Å². The van der Waals surface area contributed by atoms with Gasteiger partial charge in [0.2, 0.25) is 0 Å². The number of H-pyrrole nitrogens is 1. The summed E-state index contributed by atoms with van der Waals surface area (Å²) in [7, 11) is 1.32. The van der Waals surface area contributed by atoms with E-state index < -0.39 is 42.4 Å². The smallest absolute Gasteiger partial charge is 0.251 e. The highest BCUT2D eigenvalue weighted by Crippen LogP contribution is 2.37. The molecule has 1 aromatic heterocycles. The molecule has 0 amide bonds. The summed E-state index contributed by atoms with van der Waals surface area (Å²) < 4.78 is 24.5. The van der Waals surface area contributed by atoms with Gasteiger partial charge in [0, 0.05) is 13.2 Å². The summed E-state index contributed by atoms with van der Waals surface area (Å²) >= 11 is 0. The fraction of sp³-hybridized carbons (Fsp3) is 0.462. The number of ether oxygens (including phenoxy) is 2. The van der Waals surface area contributed by atoms with Crippen LogP contribution in [0.4, 0.5) is 4.39 Å². The highest BCUT2D eigenvalue weighted by atomic mass is 19.1. The maximum atomic E-state index is 14.0. The molecular weight excluding hydrogens is 269 g/mol. The zero-order valence-electron chi connectivity index (χ0n) is 10.7. The molecule has 2 heterocycles. The van der Waals surface area contributed by atoms with E-state index in [0.717, 1.165) is 6.07 Å². The first-order valence-corrected chi connectivity index (χ1v) is 5.90. The lowest BCUT2D eigenvalue weighted by molar-refractivity contribution is -0.0248. The number of hydrogen-bond donors (Lipinski definition) is 3. The van der Waals surface area contributed by atoms with E-state index in [4.69, 9.17) is 21.0 Å². The summed E-state index contributed by atoms with van der Waals surface area (Å²) in [5.74, 6) is 1.32. The van der Waals surface area contributed by atoms with Gasteiger partial charge in [-0.1, -0.05) is 5.92 Å². The molecule has 4 unspecified atom stereocenters. The molecule has 0 aromatic carbocycles. The molecule has 0 aliphatic carbocycles. The Hall–Kier alpha value is -1.72. The Bertz CT molecular complexity index is 593. The summed E-state index contributed by atoms with van der Waals surface area (Å²) in [6.45, 7) is -0.451. The lowest BCUT2D eigenvalue weighted by Gasteiger charge is -2.20. The standard InChI is InChI=1S/C13H14FNO5/c1-3-7-10(6(14)4-9(17)15-7)12-13(19-2)11(18)8(5-16)20-12/h1,4,8,11-13,16,18H,5H2,2H3,(H,15,17). The van der Waals surface area contributed by atoms with Crippen molar-refractivity contribution in [1.82, 2.24) is 4.98 Å². The Morgan fingerprint density at radius 3 is 2.90 bits per heavy atom. The number of aromatic nitrogens is 1. The first kappa shape index (κ1) is 14.7. The zero-order valence-corrected chi connectivity index (χ0v) is 10.7. The van der Waals surface area contributed by atoms with Crippen LogP contribution in [0.25, 0.3) is 0 Å². The van der Waals surface area contributed by atoms with Crippen molar-refractivity contribution < 1.29 is 24.1 Å². The minimum absolute atomic E-state index is 0.0750. The summed E-state index contributed by atoms with van der Waals surface area (Å²) in [5, 5.41) is 19.1. The van der Waals surface area contributed by atoms with Gasteiger partial charge in [-0.2, -0.15) is 0 Å². The van der Waals surface area contributed by atoms with Crippen LogP contribution in [0.2, 0.25) is 0 Å². The Morgan fingerprint density at radius 1 is 1.65 bits per heavy atom. The minimum atomic E-state index is -1.13. The van der Waals surface area contributed by atoms with Crippen LogP contribution in [0.3, 0.4) is 0 Å². The van der Waals surface area contributed by atoms with Crippen molar-refractivity contribution in [1.29, 1.82) is 0 Å². The number of pyridine rings is 1. The molecule has 0 saturated carbocycles. The van der Waals surface area contributed by atoms with E-state index in [1.54, 1.807) is 0 Å². The molecule has 7 heteroatoms. The molecule has 0 spiro atoms. The molecule has 3 N–H and O–H groups in total. The minimum Gasteiger partial charge on any atom is -0.394 e. The van der Waals surface area contributed by atoms with Crippen molar-refractivity contribution in [3.63, 3.8) is 0 Å². The average molecular weight is 283 g/mol. The molecular formula is C13H14FNO5. The van der Waals surface area contributed by atoms with Crippen molar-refractivity contribution in [2.24, 2.45) is 0 Å². The molecule has 4 atom stereocenters. The molecule has 20 heavy (non-hydrogen) atoms. The van der Waals surface area contributed by atoms with Gasteiger partial charge in [0.05, 0.1) is 12.2 Å². The average Bonchev–Trinajstić information content (AvgIpc) is 2.73. The fourth-order valence-electron chi connectivity index (χ4n) is 2.31. The monoisotopic (exact) mass is 283 g/mol. The normalized spacial score (nSPS) is 29.4. The van der Waals surface area contributed by atoms with E-state index in [1.807, 2.05) is 0 Å². The number of aromatic amines is 1. The van der Waals surface area contributed by atoms with Gasteiger partial charge in [0.1, 0.15) is 35.9 Å². The van der Waals surface area contributed by atoms with E-state index in [2.05, 4.69) is 10.9 Å². The van der Waals surface area contributed by atoms with Gasteiger partial charge >= 0.3 is 0 Å². The molecule has 1 fully saturated rings. The van der Waals surface area contributed by atoms with E-state index >= 15 is 0 Å². The van der Waals surface area contributed by atoms with E-state index in [0.29, 0.717) is 0 Å². The molecule has 6 nitrogen and oxygen atoms in total. The SMILES string of the molecule is C#Cc1[nH]c(=O)cc(F)c1C1OC(CO)C(O)C1OC. The maximum Gasteiger partial charge on any atom is 0.251 e. The number of methoxy groups -OCH3 is 1. The van der Waals surface area contributed by atoms with Gasteiger partial charge in [0.15, 0.2) is 0 Å². The molecule has 1 aliphatic rings. The zero-order chi connectivity index (χ0) is 14.9. The number of terminal acetylenes is 1. The highest BCUT2D eigenvalue weighted by Gasteiger charge is 2.46. The van der Waals surface area contributed by atoms with Crippen molar-refractivity contribution in [2.45, 2.75) is 24.4 Å². The van der Waals surface area contributed by atoms with Crippen LogP contribution in [-0.2, 0) is 9.47 Å². The quantitative estimate of drug-likeness (QED) is 0.638. The van der Waals surface area contributed by atoms with Crippen molar-refractivity contribution in [3.8, 4) is 12.3 Å². The van der Waals surface area contributed by atoms with Crippen LogP contribution in [0.15, 0.2) is 10.9 Å². The van der Waals surface area contributed by atoms with Gasteiger partial charge in [-0.05, 0) is 0 Å². The van der Waals surface area contributed by atoms with Crippen molar-refractivity contribution in [3.05, 3.63) is 33.5 Å². The molecule has 0 radical (unpaired) electrons. The number of aliphatic hydroxyl groups excluding tert-OH is 2.